The summed E-state index contributed by atoms with van der Waals surface area (Å²) in [5, 5.41) is 2.05. The lowest BCUT2D eigenvalue weighted by atomic mass is 10.1. The third-order valence-electron chi connectivity index (χ3n) is 4.34. The molecule has 1 saturated heterocycles. The molecule has 0 spiro atoms. The van der Waals surface area contributed by atoms with Gasteiger partial charge in [0.2, 0.25) is 0 Å². The summed E-state index contributed by atoms with van der Waals surface area (Å²) in [6, 6.07) is 18.3. The molecular formula is C20H19NO2S2. The molecule has 128 valence electrons. The first-order valence-corrected chi connectivity index (χ1v) is 10.1. The second-order valence-corrected chi connectivity index (χ2v) is 8.12. The van der Waals surface area contributed by atoms with Gasteiger partial charge in [0, 0.05) is 22.0 Å². The van der Waals surface area contributed by atoms with Crippen LogP contribution >= 0.6 is 22.7 Å². The highest BCUT2D eigenvalue weighted by Gasteiger charge is 2.24. The van der Waals surface area contributed by atoms with Crippen LogP contribution in [-0.4, -0.2) is 25.2 Å². The van der Waals surface area contributed by atoms with Crippen LogP contribution in [0.1, 0.15) is 22.5 Å². The summed E-state index contributed by atoms with van der Waals surface area (Å²) in [7, 11) is 0. The van der Waals surface area contributed by atoms with Gasteiger partial charge in [-0.1, -0.05) is 24.3 Å². The maximum Gasteiger partial charge on any atom is 0.348 e. The monoisotopic (exact) mass is 369 g/mol. The van der Waals surface area contributed by atoms with Crippen LogP contribution in [0.2, 0.25) is 0 Å². The summed E-state index contributed by atoms with van der Waals surface area (Å²) in [5.41, 5.74) is 1.19. The first-order valence-electron chi connectivity index (χ1n) is 8.44. The topological polar surface area (TPSA) is 29.5 Å². The quantitative estimate of drug-likeness (QED) is 0.584. The van der Waals surface area contributed by atoms with E-state index in [0.29, 0.717) is 4.88 Å². The van der Waals surface area contributed by atoms with Gasteiger partial charge in [-0.15, -0.1) is 22.7 Å². The molecule has 1 unspecified atom stereocenters. The van der Waals surface area contributed by atoms with E-state index in [2.05, 4.69) is 23.1 Å². The Hall–Kier alpha value is -2.11. The standard InChI is InChI=1S/C20H19NO2S2/c22-20(19-11-10-18(25-19)17-9-5-13-24-17)23-16-8-4-12-21(14-16)15-6-2-1-3-7-15/h1-3,5-7,9-11,13,16H,4,8,12,14H2. The third-order valence-corrected chi connectivity index (χ3v) is 6.48. The van der Waals surface area contributed by atoms with Gasteiger partial charge in [-0.2, -0.15) is 0 Å². The maximum atomic E-state index is 12.5. The molecule has 1 aliphatic heterocycles. The molecule has 1 aliphatic rings. The Balaban J connectivity index is 1.40. The number of piperidine rings is 1. The van der Waals surface area contributed by atoms with Crippen LogP contribution in [-0.2, 0) is 4.74 Å². The number of para-hydroxylation sites is 1. The van der Waals surface area contributed by atoms with E-state index in [-0.39, 0.29) is 12.1 Å². The van der Waals surface area contributed by atoms with Crippen molar-refractivity contribution in [2.75, 3.05) is 18.0 Å². The van der Waals surface area contributed by atoms with E-state index < -0.39 is 0 Å². The number of anilines is 1. The zero-order chi connectivity index (χ0) is 17.1. The number of rotatable bonds is 4. The molecule has 5 heteroatoms. The average molecular weight is 370 g/mol. The number of esters is 1. The van der Waals surface area contributed by atoms with Crippen molar-refractivity contribution in [1.82, 2.24) is 0 Å². The largest absolute Gasteiger partial charge is 0.456 e. The van der Waals surface area contributed by atoms with Crippen LogP contribution < -0.4 is 4.90 Å². The Bertz CT molecular complexity index is 827. The number of carbonyl (C=O) groups is 1. The van der Waals surface area contributed by atoms with Crippen molar-refractivity contribution in [3.8, 4) is 9.75 Å². The Morgan fingerprint density at radius 3 is 2.72 bits per heavy atom. The van der Waals surface area contributed by atoms with Gasteiger partial charge in [-0.05, 0) is 48.6 Å². The summed E-state index contributed by atoms with van der Waals surface area (Å²) < 4.78 is 5.79. The molecule has 3 aromatic rings. The number of ether oxygens (including phenoxy) is 1. The molecule has 1 aromatic carbocycles. The van der Waals surface area contributed by atoms with Crippen LogP contribution in [0.3, 0.4) is 0 Å². The minimum Gasteiger partial charge on any atom is -0.456 e. The fraction of sp³-hybridized carbons (Fsp3) is 0.250. The van der Waals surface area contributed by atoms with Crippen LogP contribution in [0.15, 0.2) is 60.0 Å². The number of nitrogens with zero attached hydrogens (tertiary/aromatic N) is 1. The normalized spacial score (nSPS) is 17.4. The Morgan fingerprint density at radius 2 is 1.92 bits per heavy atom. The maximum absolute atomic E-state index is 12.5. The van der Waals surface area contributed by atoms with E-state index in [9.17, 15) is 4.79 Å². The van der Waals surface area contributed by atoms with Gasteiger partial charge in [0.15, 0.2) is 0 Å². The first-order chi connectivity index (χ1) is 12.3. The van der Waals surface area contributed by atoms with Crippen molar-refractivity contribution in [3.63, 3.8) is 0 Å². The number of thiophene rings is 2. The molecule has 4 rings (SSSR count). The van der Waals surface area contributed by atoms with Gasteiger partial charge in [0.1, 0.15) is 11.0 Å². The van der Waals surface area contributed by atoms with Crippen LogP contribution in [0.4, 0.5) is 5.69 Å². The van der Waals surface area contributed by atoms with Crippen molar-refractivity contribution in [2.24, 2.45) is 0 Å². The molecule has 1 fully saturated rings. The van der Waals surface area contributed by atoms with Gasteiger partial charge in [0.05, 0.1) is 6.54 Å². The van der Waals surface area contributed by atoms with E-state index >= 15 is 0 Å². The van der Waals surface area contributed by atoms with Crippen molar-refractivity contribution >= 4 is 34.3 Å². The number of carbonyl (C=O) groups excluding carboxylic acids is 1. The minimum atomic E-state index is -0.201. The average Bonchev–Trinajstić information content (AvgIpc) is 3.34. The van der Waals surface area contributed by atoms with E-state index in [1.165, 1.54) is 21.9 Å². The number of hydrogen-bond donors (Lipinski definition) is 0. The van der Waals surface area contributed by atoms with Crippen LogP contribution in [0.25, 0.3) is 9.75 Å². The van der Waals surface area contributed by atoms with E-state index in [1.54, 1.807) is 11.3 Å². The van der Waals surface area contributed by atoms with Crippen LogP contribution in [0, 0.1) is 0 Å². The second-order valence-electron chi connectivity index (χ2n) is 6.09. The molecule has 1 atom stereocenters. The number of hydrogen-bond acceptors (Lipinski definition) is 5. The SMILES string of the molecule is O=C(OC1CCCN(c2ccccc2)C1)c1ccc(-c2cccs2)s1. The fourth-order valence-corrected chi connectivity index (χ4v) is 4.84. The molecular weight excluding hydrogens is 350 g/mol. The van der Waals surface area contributed by atoms with Crippen LogP contribution in [0.5, 0.6) is 0 Å². The molecule has 0 radical (unpaired) electrons. The zero-order valence-corrected chi connectivity index (χ0v) is 15.4. The van der Waals surface area contributed by atoms with E-state index in [1.807, 2.05) is 41.8 Å². The third kappa shape index (κ3) is 3.78. The van der Waals surface area contributed by atoms with E-state index in [0.717, 1.165) is 30.8 Å². The fourth-order valence-electron chi connectivity index (χ4n) is 3.12. The molecule has 3 nitrogen and oxygen atoms in total. The Morgan fingerprint density at radius 1 is 1.04 bits per heavy atom. The minimum absolute atomic E-state index is 0.0475. The van der Waals surface area contributed by atoms with Crippen molar-refractivity contribution < 1.29 is 9.53 Å². The number of benzene rings is 1. The first kappa shape index (κ1) is 16.4. The summed E-state index contributed by atoms with van der Waals surface area (Å²) in [6.45, 7) is 1.78. The summed E-state index contributed by atoms with van der Waals surface area (Å²) in [6.07, 6.45) is 1.92. The summed E-state index contributed by atoms with van der Waals surface area (Å²) >= 11 is 3.19. The molecule has 2 aromatic heterocycles. The van der Waals surface area contributed by atoms with Gasteiger partial charge >= 0.3 is 5.97 Å². The van der Waals surface area contributed by atoms with Crippen molar-refractivity contribution in [1.29, 1.82) is 0 Å². The second kappa shape index (κ2) is 7.42. The highest BCUT2D eigenvalue weighted by atomic mass is 32.1. The summed E-state index contributed by atoms with van der Waals surface area (Å²) in [4.78, 5) is 17.8. The Labute approximate surface area is 155 Å². The van der Waals surface area contributed by atoms with Crippen molar-refractivity contribution in [3.05, 3.63) is 64.9 Å². The Kier molecular flexibility index (Phi) is 4.85. The van der Waals surface area contributed by atoms with Gasteiger partial charge in [0.25, 0.3) is 0 Å². The lowest BCUT2D eigenvalue weighted by molar-refractivity contribution is 0.0275. The van der Waals surface area contributed by atoms with Crippen molar-refractivity contribution in [2.45, 2.75) is 18.9 Å². The molecule has 0 N–H and O–H groups in total. The van der Waals surface area contributed by atoms with Gasteiger partial charge in [-0.3, -0.25) is 0 Å². The molecule has 0 amide bonds. The molecule has 0 aliphatic carbocycles. The zero-order valence-electron chi connectivity index (χ0n) is 13.8. The molecule has 0 bridgehead atoms. The summed E-state index contributed by atoms with van der Waals surface area (Å²) in [5.74, 6) is -0.201. The highest BCUT2D eigenvalue weighted by molar-refractivity contribution is 7.22. The van der Waals surface area contributed by atoms with Gasteiger partial charge in [-0.25, -0.2) is 4.79 Å². The lowest BCUT2D eigenvalue weighted by Gasteiger charge is -2.33. The predicted octanol–water partition coefficient (Wildman–Crippen LogP) is 5.30. The highest BCUT2D eigenvalue weighted by Crippen LogP contribution is 2.32. The smallest absolute Gasteiger partial charge is 0.348 e. The van der Waals surface area contributed by atoms with E-state index in [4.69, 9.17) is 4.74 Å². The molecule has 0 saturated carbocycles. The molecule has 25 heavy (non-hydrogen) atoms. The predicted molar refractivity (Wildman–Crippen MR) is 105 cm³/mol. The molecule has 3 heterocycles. The lowest BCUT2D eigenvalue weighted by Crippen LogP contribution is -2.40. The van der Waals surface area contributed by atoms with Gasteiger partial charge < -0.3 is 9.64 Å².